The number of methoxy groups -OCH3 is 3. The summed E-state index contributed by atoms with van der Waals surface area (Å²) in [5.74, 6) is -0.239. The molecule has 0 unspecified atom stereocenters. The van der Waals surface area contributed by atoms with Gasteiger partial charge in [-0.3, -0.25) is 9.59 Å². The summed E-state index contributed by atoms with van der Waals surface area (Å²) in [5, 5.41) is 6.22. The fourth-order valence-electron chi connectivity index (χ4n) is 2.09. The van der Waals surface area contributed by atoms with Crippen LogP contribution in [0.1, 0.15) is 5.56 Å². The van der Waals surface area contributed by atoms with Gasteiger partial charge in [-0.1, -0.05) is 12.1 Å². The van der Waals surface area contributed by atoms with Crippen molar-refractivity contribution in [1.82, 2.24) is 5.43 Å². The molecule has 0 radical (unpaired) electrons. The fourth-order valence-corrected chi connectivity index (χ4v) is 2.09. The predicted molar refractivity (Wildman–Crippen MR) is 96.9 cm³/mol. The van der Waals surface area contributed by atoms with Gasteiger partial charge in [-0.2, -0.15) is 5.10 Å². The fraction of sp³-hybridized carbons (Fsp3) is 0.167. The van der Waals surface area contributed by atoms with E-state index in [0.717, 1.165) is 0 Å². The second-order valence-electron chi connectivity index (χ2n) is 4.96. The summed E-state index contributed by atoms with van der Waals surface area (Å²) >= 11 is 0. The van der Waals surface area contributed by atoms with E-state index in [1.807, 2.05) is 6.07 Å². The number of ether oxygens (including phenoxy) is 3. The topological polar surface area (TPSA) is 98.2 Å². The number of amides is 2. The van der Waals surface area contributed by atoms with E-state index in [0.29, 0.717) is 28.5 Å². The first kappa shape index (κ1) is 18.8. The molecular weight excluding hydrogens is 338 g/mol. The molecule has 0 aromatic heterocycles. The Bertz CT molecular complexity index is 820. The van der Waals surface area contributed by atoms with Crippen molar-refractivity contribution in [2.75, 3.05) is 26.6 Å². The van der Waals surface area contributed by atoms with Gasteiger partial charge in [0.1, 0.15) is 5.75 Å². The van der Waals surface area contributed by atoms with Gasteiger partial charge in [-0.05, 0) is 24.3 Å². The number of carbonyl (C=O) groups is 2. The number of nitrogens with zero attached hydrogens (tertiary/aromatic N) is 1. The Balaban J connectivity index is 1.97. The van der Waals surface area contributed by atoms with Crippen LogP contribution in [0.4, 0.5) is 5.69 Å². The third kappa shape index (κ3) is 4.73. The maximum atomic E-state index is 11.9. The third-order valence-electron chi connectivity index (χ3n) is 3.36. The first-order valence-corrected chi connectivity index (χ1v) is 7.58. The van der Waals surface area contributed by atoms with Crippen molar-refractivity contribution in [2.24, 2.45) is 5.10 Å². The zero-order valence-electron chi connectivity index (χ0n) is 14.6. The number of rotatable bonds is 6. The molecule has 0 aliphatic heterocycles. The lowest BCUT2D eigenvalue weighted by atomic mass is 10.2. The molecule has 8 heteroatoms. The van der Waals surface area contributed by atoms with E-state index in [2.05, 4.69) is 15.8 Å². The summed E-state index contributed by atoms with van der Waals surface area (Å²) in [7, 11) is 4.51. The average Bonchev–Trinajstić information content (AvgIpc) is 2.68. The van der Waals surface area contributed by atoms with Crippen LogP contribution in [0, 0.1) is 0 Å². The van der Waals surface area contributed by atoms with Crippen molar-refractivity contribution in [3.05, 3.63) is 48.0 Å². The predicted octanol–water partition coefficient (Wildman–Crippen LogP) is 1.80. The van der Waals surface area contributed by atoms with Crippen LogP contribution in [0.25, 0.3) is 0 Å². The number of hydrogen-bond donors (Lipinski definition) is 2. The van der Waals surface area contributed by atoms with E-state index in [1.54, 1.807) is 36.4 Å². The van der Waals surface area contributed by atoms with Crippen LogP contribution in [0.3, 0.4) is 0 Å². The summed E-state index contributed by atoms with van der Waals surface area (Å²) in [6, 6.07) is 11.9. The largest absolute Gasteiger partial charge is 0.496 e. The highest BCUT2D eigenvalue weighted by atomic mass is 16.5. The Hall–Kier alpha value is -3.55. The highest BCUT2D eigenvalue weighted by Crippen LogP contribution is 2.29. The lowest BCUT2D eigenvalue weighted by molar-refractivity contribution is -0.136. The van der Waals surface area contributed by atoms with Crippen LogP contribution in [0.2, 0.25) is 0 Å². The summed E-state index contributed by atoms with van der Waals surface area (Å²) in [4.78, 5) is 23.8. The van der Waals surface area contributed by atoms with Crippen molar-refractivity contribution < 1.29 is 23.8 Å². The van der Waals surface area contributed by atoms with Gasteiger partial charge in [0.15, 0.2) is 11.5 Å². The molecular formula is C18H19N3O5. The smallest absolute Gasteiger partial charge is 0.329 e. The Morgan fingerprint density at radius 2 is 1.58 bits per heavy atom. The van der Waals surface area contributed by atoms with Gasteiger partial charge in [-0.15, -0.1) is 0 Å². The van der Waals surface area contributed by atoms with Crippen LogP contribution >= 0.6 is 0 Å². The van der Waals surface area contributed by atoms with E-state index in [1.165, 1.54) is 27.5 Å². The highest BCUT2D eigenvalue weighted by molar-refractivity contribution is 6.39. The number of nitrogens with one attached hydrogen (secondary N) is 2. The van der Waals surface area contributed by atoms with Gasteiger partial charge in [0, 0.05) is 17.3 Å². The summed E-state index contributed by atoms with van der Waals surface area (Å²) in [6.45, 7) is 0. The minimum atomic E-state index is -0.911. The number of benzene rings is 2. The minimum absolute atomic E-state index is 0.386. The third-order valence-corrected chi connectivity index (χ3v) is 3.36. The second-order valence-corrected chi connectivity index (χ2v) is 4.96. The lowest BCUT2D eigenvalue weighted by Gasteiger charge is -2.10. The Morgan fingerprint density at radius 3 is 2.27 bits per heavy atom. The molecule has 2 N–H and O–H groups in total. The molecule has 136 valence electrons. The molecule has 0 saturated heterocycles. The second kappa shape index (κ2) is 9.07. The molecule has 0 saturated carbocycles. The van der Waals surface area contributed by atoms with Crippen LogP contribution in [-0.4, -0.2) is 39.4 Å². The van der Waals surface area contributed by atoms with Crippen molar-refractivity contribution in [1.29, 1.82) is 0 Å². The van der Waals surface area contributed by atoms with Crippen LogP contribution in [0.15, 0.2) is 47.6 Å². The van der Waals surface area contributed by atoms with Gasteiger partial charge in [0.2, 0.25) is 0 Å². The highest BCUT2D eigenvalue weighted by Gasteiger charge is 2.14. The molecule has 8 nitrogen and oxygen atoms in total. The van der Waals surface area contributed by atoms with Gasteiger partial charge in [0.25, 0.3) is 0 Å². The lowest BCUT2D eigenvalue weighted by Crippen LogP contribution is -2.32. The first-order chi connectivity index (χ1) is 12.6. The van der Waals surface area contributed by atoms with Crippen molar-refractivity contribution in [3.63, 3.8) is 0 Å². The quantitative estimate of drug-likeness (QED) is 0.467. The SMILES string of the molecule is COc1ccccc1/C=N/NC(=O)C(=O)Nc1ccc(OC)c(OC)c1. The van der Waals surface area contributed by atoms with E-state index >= 15 is 0 Å². The maximum absolute atomic E-state index is 11.9. The van der Waals surface area contributed by atoms with Crippen molar-refractivity contribution >= 4 is 23.7 Å². The van der Waals surface area contributed by atoms with Gasteiger partial charge < -0.3 is 19.5 Å². The number of para-hydroxylation sites is 1. The Morgan fingerprint density at radius 1 is 0.885 bits per heavy atom. The summed E-state index contributed by atoms with van der Waals surface area (Å²) in [6.07, 6.45) is 1.39. The maximum Gasteiger partial charge on any atom is 0.329 e. The monoisotopic (exact) mass is 357 g/mol. The van der Waals surface area contributed by atoms with Gasteiger partial charge >= 0.3 is 11.8 Å². The van der Waals surface area contributed by atoms with Crippen molar-refractivity contribution in [2.45, 2.75) is 0 Å². The molecule has 0 heterocycles. The molecule has 0 aliphatic carbocycles. The number of hydrogen-bond acceptors (Lipinski definition) is 6. The molecule has 0 bridgehead atoms. The first-order valence-electron chi connectivity index (χ1n) is 7.58. The summed E-state index contributed by atoms with van der Waals surface area (Å²) < 4.78 is 15.4. The standard InChI is InChI=1S/C18H19N3O5/c1-24-14-7-5-4-6-12(14)11-19-21-18(23)17(22)20-13-8-9-15(25-2)16(10-13)26-3/h4-11H,1-3H3,(H,20,22)(H,21,23)/b19-11+. The van der Waals surface area contributed by atoms with Gasteiger partial charge in [0.05, 0.1) is 27.5 Å². The molecule has 0 fully saturated rings. The molecule has 0 aliphatic rings. The van der Waals surface area contributed by atoms with E-state index in [-0.39, 0.29) is 0 Å². The minimum Gasteiger partial charge on any atom is -0.496 e. The van der Waals surface area contributed by atoms with Crippen LogP contribution in [-0.2, 0) is 9.59 Å². The molecule has 2 rings (SSSR count). The van der Waals surface area contributed by atoms with E-state index in [4.69, 9.17) is 14.2 Å². The number of hydrazone groups is 1. The van der Waals surface area contributed by atoms with Crippen LogP contribution < -0.4 is 25.0 Å². The molecule has 2 aromatic carbocycles. The molecule has 2 aromatic rings. The van der Waals surface area contributed by atoms with E-state index < -0.39 is 11.8 Å². The molecule has 2 amide bonds. The normalized spacial score (nSPS) is 10.3. The molecule has 26 heavy (non-hydrogen) atoms. The van der Waals surface area contributed by atoms with Crippen molar-refractivity contribution in [3.8, 4) is 17.2 Å². The Kier molecular flexibility index (Phi) is 6.55. The average molecular weight is 357 g/mol. The van der Waals surface area contributed by atoms with E-state index in [9.17, 15) is 9.59 Å². The zero-order valence-corrected chi connectivity index (χ0v) is 14.6. The molecule has 0 atom stereocenters. The number of anilines is 1. The van der Waals surface area contributed by atoms with Crippen LogP contribution in [0.5, 0.6) is 17.2 Å². The zero-order chi connectivity index (χ0) is 18.9. The number of carbonyl (C=O) groups excluding carboxylic acids is 2. The Labute approximate surface area is 150 Å². The summed E-state index contributed by atoms with van der Waals surface area (Å²) in [5.41, 5.74) is 3.21. The molecule has 0 spiro atoms. The van der Waals surface area contributed by atoms with Gasteiger partial charge in [-0.25, -0.2) is 5.43 Å².